The summed E-state index contributed by atoms with van der Waals surface area (Å²) in [6, 6.07) is 6.78. The molecule has 1 saturated heterocycles. The molecule has 23 heavy (non-hydrogen) atoms. The Labute approximate surface area is 132 Å². The monoisotopic (exact) mass is 316 g/mol. The summed E-state index contributed by atoms with van der Waals surface area (Å²) >= 11 is 0. The molecule has 0 aliphatic carbocycles. The van der Waals surface area contributed by atoms with Gasteiger partial charge in [0, 0.05) is 12.6 Å². The highest BCUT2D eigenvalue weighted by Gasteiger charge is 2.23. The van der Waals surface area contributed by atoms with Gasteiger partial charge in [-0.15, -0.1) is 0 Å². The van der Waals surface area contributed by atoms with E-state index in [4.69, 9.17) is 0 Å². The van der Waals surface area contributed by atoms with Crippen LogP contribution in [0.25, 0.3) is 10.9 Å². The minimum atomic E-state index is -0.571. The van der Waals surface area contributed by atoms with E-state index in [9.17, 15) is 14.4 Å². The van der Waals surface area contributed by atoms with E-state index < -0.39 is 11.2 Å². The Morgan fingerprint density at radius 2 is 2.13 bits per heavy atom. The zero-order valence-electron chi connectivity index (χ0n) is 13.0. The molecule has 122 valence electrons. The van der Waals surface area contributed by atoms with Crippen molar-refractivity contribution in [2.45, 2.75) is 25.9 Å². The number of nitrogens with zero attached hydrogens (tertiary/aromatic N) is 1. The lowest BCUT2D eigenvalue weighted by Crippen LogP contribution is -2.52. The maximum atomic E-state index is 12.4. The quantitative estimate of drug-likeness (QED) is 0.731. The number of H-pyrrole nitrogens is 1. The Morgan fingerprint density at radius 1 is 1.35 bits per heavy atom. The lowest BCUT2D eigenvalue weighted by Gasteiger charge is -2.30. The second-order valence-electron chi connectivity index (χ2n) is 6.01. The third kappa shape index (κ3) is 3.19. The van der Waals surface area contributed by atoms with Crippen molar-refractivity contribution in [2.75, 3.05) is 13.1 Å². The number of benzene rings is 1. The number of rotatable bonds is 3. The molecule has 0 saturated carbocycles. The van der Waals surface area contributed by atoms with Crippen molar-refractivity contribution in [3.63, 3.8) is 0 Å². The Hall–Kier alpha value is -2.41. The van der Waals surface area contributed by atoms with E-state index in [0.29, 0.717) is 23.4 Å². The van der Waals surface area contributed by atoms with Gasteiger partial charge in [-0.05, 0) is 31.0 Å². The van der Waals surface area contributed by atoms with Gasteiger partial charge in [0.2, 0.25) is 5.91 Å². The highest BCUT2D eigenvalue weighted by Crippen LogP contribution is 2.11. The zero-order chi connectivity index (χ0) is 16.4. The second-order valence-corrected chi connectivity index (χ2v) is 6.01. The van der Waals surface area contributed by atoms with Crippen LogP contribution in [-0.2, 0) is 11.3 Å². The molecule has 1 aliphatic rings. The number of para-hydroxylation sites is 1. The molecule has 0 spiro atoms. The number of aromatic amines is 1. The van der Waals surface area contributed by atoms with Crippen molar-refractivity contribution < 1.29 is 4.79 Å². The first-order valence-corrected chi connectivity index (χ1v) is 7.78. The zero-order valence-corrected chi connectivity index (χ0v) is 13.0. The fourth-order valence-electron chi connectivity index (χ4n) is 2.92. The van der Waals surface area contributed by atoms with Crippen molar-refractivity contribution in [3.8, 4) is 0 Å². The first-order chi connectivity index (χ1) is 11.1. The molecule has 1 aliphatic heterocycles. The SMILES string of the molecule is CC1CCNCC1NC(=O)Cn1c(=O)[nH]c2ccccc2c1=O. The van der Waals surface area contributed by atoms with Crippen LogP contribution in [0.5, 0.6) is 0 Å². The summed E-state index contributed by atoms with van der Waals surface area (Å²) in [5, 5.41) is 6.53. The third-order valence-electron chi connectivity index (χ3n) is 4.37. The molecule has 1 fully saturated rings. The average molecular weight is 316 g/mol. The number of piperidine rings is 1. The highest BCUT2D eigenvalue weighted by molar-refractivity contribution is 5.79. The molecule has 3 rings (SSSR count). The Morgan fingerprint density at radius 3 is 2.91 bits per heavy atom. The van der Waals surface area contributed by atoms with Crippen molar-refractivity contribution in [3.05, 3.63) is 45.1 Å². The van der Waals surface area contributed by atoms with E-state index >= 15 is 0 Å². The number of aromatic nitrogens is 2. The third-order valence-corrected chi connectivity index (χ3v) is 4.37. The van der Waals surface area contributed by atoms with Crippen LogP contribution in [0.15, 0.2) is 33.9 Å². The molecule has 2 aromatic rings. The van der Waals surface area contributed by atoms with Crippen LogP contribution in [-0.4, -0.2) is 34.6 Å². The summed E-state index contributed by atoms with van der Waals surface area (Å²) in [7, 11) is 0. The minimum absolute atomic E-state index is 0.0199. The number of hydrogen-bond donors (Lipinski definition) is 3. The molecule has 3 N–H and O–H groups in total. The van der Waals surface area contributed by atoms with Gasteiger partial charge in [0.15, 0.2) is 0 Å². The van der Waals surface area contributed by atoms with Crippen LogP contribution < -0.4 is 21.9 Å². The van der Waals surface area contributed by atoms with E-state index in [-0.39, 0.29) is 18.5 Å². The minimum Gasteiger partial charge on any atom is -0.350 e. The van der Waals surface area contributed by atoms with Crippen LogP contribution in [0.1, 0.15) is 13.3 Å². The van der Waals surface area contributed by atoms with Crippen LogP contribution in [0, 0.1) is 5.92 Å². The van der Waals surface area contributed by atoms with Crippen LogP contribution >= 0.6 is 0 Å². The smallest absolute Gasteiger partial charge is 0.329 e. The Kier molecular flexibility index (Phi) is 4.29. The van der Waals surface area contributed by atoms with Crippen molar-refractivity contribution in [1.82, 2.24) is 20.2 Å². The van der Waals surface area contributed by atoms with Crippen molar-refractivity contribution in [2.24, 2.45) is 5.92 Å². The van der Waals surface area contributed by atoms with Gasteiger partial charge in [-0.2, -0.15) is 0 Å². The van der Waals surface area contributed by atoms with E-state index in [1.54, 1.807) is 24.3 Å². The average Bonchev–Trinajstić information content (AvgIpc) is 2.54. The van der Waals surface area contributed by atoms with Crippen LogP contribution in [0.2, 0.25) is 0 Å². The molecule has 7 nitrogen and oxygen atoms in total. The maximum Gasteiger partial charge on any atom is 0.329 e. The molecule has 2 unspecified atom stereocenters. The molecular formula is C16H20N4O3. The number of carbonyl (C=O) groups excluding carboxylic acids is 1. The molecule has 0 bridgehead atoms. The number of carbonyl (C=O) groups is 1. The van der Waals surface area contributed by atoms with Crippen molar-refractivity contribution in [1.29, 1.82) is 0 Å². The number of amides is 1. The van der Waals surface area contributed by atoms with Gasteiger partial charge in [0.25, 0.3) is 5.56 Å². The number of nitrogens with one attached hydrogen (secondary N) is 3. The standard InChI is InChI=1S/C16H20N4O3/c1-10-6-7-17-8-13(10)18-14(21)9-20-15(22)11-4-2-3-5-12(11)19-16(20)23/h2-5,10,13,17H,6-9H2,1H3,(H,18,21)(H,19,23). The first kappa shape index (κ1) is 15.5. The van der Waals surface area contributed by atoms with Gasteiger partial charge < -0.3 is 15.6 Å². The molecule has 2 heterocycles. The van der Waals surface area contributed by atoms with Gasteiger partial charge in [0.1, 0.15) is 6.54 Å². The summed E-state index contributed by atoms with van der Waals surface area (Å²) in [6.45, 7) is 3.45. The van der Waals surface area contributed by atoms with Crippen LogP contribution in [0.3, 0.4) is 0 Å². The Bertz CT molecular complexity index is 839. The molecule has 2 atom stereocenters. The molecule has 0 radical (unpaired) electrons. The lowest BCUT2D eigenvalue weighted by molar-refractivity contribution is -0.122. The number of fused-ring (bicyclic) bond motifs is 1. The molecule has 1 aromatic heterocycles. The van der Waals surface area contributed by atoms with Crippen LogP contribution in [0.4, 0.5) is 0 Å². The second kappa shape index (κ2) is 6.37. The summed E-state index contributed by atoms with van der Waals surface area (Å²) in [5.41, 5.74) is -0.544. The number of hydrogen-bond acceptors (Lipinski definition) is 4. The van der Waals surface area contributed by atoms with E-state index in [0.717, 1.165) is 17.5 Å². The van der Waals surface area contributed by atoms with Crippen molar-refractivity contribution >= 4 is 16.8 Å². The Balaban J connectivity index is 1.82. The molecule has 7 heteroatoms. The summed E-state index contributed by atoms with van der Waals surface area (Å²) < 4.78 is 0.943. The first-order valence-electron chi connectivity index (χ1n) is 7.78. The predicted molar refractivity (Wildman–Crippen MR) is 87.4 cm³/mol. The molecular weight excluding hydrogens is 296 g/mol. The van der Waals surface area contributed by atoms with Gasteiger partial charge in [-0.3, -0.25) is 14.2 Å². The largest absolute Gasteiger partial charge is 0.350 e. The lowest BCUT2D eigenvalue weighted by atomic mass is 9.95. The summed E-state index contributed by atoms with van der Waals surface area (Å²) in [5.74, 6) is 0.0419. The highest BCUT2D eigenvalue weighted by atomic mass is 16.2. The van der Waals surface area contributed by atoms with E-state index in [2.05, 4.69) is 22.5 Å². The topological polar surface area (TPSA) is 96.0 Å². The van der Waals surface area contributed by atoms with Gasteiger partial charge >= 0.3 is 5.69 Å². The van der Waals surface area contributed by atoms with E-state index in [1.807, 2.05) is 0 Å². The van der Waals surface area contributed by atoms with Gasteiger partial charge in [-0.25, -0.2) is 4.79 Å². The van der Waals surface area contributed by atoms with E-state index in [1.165, 1.54) is 0 Å². The summed E-state index contributed by atoms with van der Waals surface area (Å²) in [4.78, 5) is 39.3. The molecule has 1 aromatic carbocycles. The predicted octanol–water partition coefficient (Wildman–Crippen LogP) is -0.196. The fourth-order valence-corrected chi connectivity index (χ4v) is 2.92. The van der Waals surface area contributed by atoms with Gasteiger partial charge in [-0.1, -0.05) is 19.1 Å². The maximum absolute atomic E-state index is 12.4. The van der Waals surface area contributed by atoms with Gasteiger partial charge in [0.05, 0.1) is 10.9 Å². The summed E-state index contributed by atoms with van der Waals surface area (Å²) in [6.07, 6.45) is 0.988. The fraction of sp³-hybridized carbons (Fsp3) is 0.438. The normalized spacial score (nSPS) is 21.3. The molecule has 1 amide bonds.